The topological polar surface area (TPSA) is 59.8 Å². The largest absolute Gasteiger partial charge is 0.416 e. The molecule has 1 aromatic heterocycles. The first-order chi connectivity index (χ1) is 17.5. The van der Waals surface area contributed by atoms with E-state index >= 15 is 0 Å². The van der Waals surface area contributed by atoms with Gasteiger partial charge < -0.3 is 5.32 Å². The zero-order chi connectivity index (χ0) is 26.7. The first-order valence-electron chi connectivity index (χ1n) is 11.1. The van der Waals surface area contributed by atoms with Crippen LogP contribution in [-0.2, 0) is 11.9 Å². The maximum absolute atomic E-state index is 12.9. The molecule has 1 amide bonds. The average molecular weight is 565 g/mol. The van der Waals surface area contributed by atoms with Crippen molar-refractivity contribution in [1.29, 1.82) is 0 Å². The number of aryl methyl sites for hydroxylation is 1. The maximum atomic E-state index is 12.9. The van der Waals surface area contributed by atoms with Gasteiger partial charge in [0, 0.05) is 16.3 Å². The van der Waals surface area contributed by atoms with Crippen molar-refractivity contribution >= 4 is 40.9 Å². The van der Waals surface area contributed by atoms with Gasteiger partial charge in [0.15, 0.2) is 11.0 Å². The number of rotatable bonds is 7. The predicted molar refractivity (Wildman–Crippen MR) is 139 cm³/mol. The number of carbonyl (C=O) groups excluding carboxylic acids is 1. The normalized spacial score (nSPS) is 12.4. The van der Waals surface area contributed by atoms with E-state index in [9.17, 15) is 18.0 Å². The van der Waals surface area contributed by atoms with E-state index in [4.69, 9.17) is 23.2 Å². The molecular formula is C26H21Cl2F3N4OS. The molecule has 5 nitrogen and oxygen atoms in total. The third kappa shape index (κ3) is 6.47. The predicted octanol–water partition coefficient (Wildman–Crippen LogP) is 7.68. The molecule has 0 fully saturated rings. The highest BCUT2D eigenvalue weighted by atomic mass is 35.5. The lowest BCUT2D eigenvalue weighted by molar-refractivity contribution is -0.137. The van der Waals surface area contributed by atoms with Crippen molar-refractivity contribution in [3.63, 3.8) is 0 Å². The van der Waals surface area contributed by atoms with E-state index in [1.165, 1.54) is 11.8 Å². The summed E-state index contributed by atoms with van der Waals surface area (Å²) in [5.74, 6) is 0.472. The van der Waals surface area contributed by atoms with Crippen molar-refractivity contribution in [3.05, 3.63) is 105 Å². The molecule has 0 aliphatic heterocycles. The second-order valence-corrected chi connectivity index (χ2v) is 10.1. The van der Waals surface area contributed by atoms with Gasteiger partial charge in [0.25, 0.3) is 5.91 Å². The molecule has 0 bridgehead atoms. The van der Waals surface area contributed by atoms with Crippen molar-refractivity contribution in [2.75, 3.05) is 0 Å². The Morgan fingerprint density at radius 1 is 1.05 bits per heavy atom. The SMILES string of the molecule is Cc1cccc(CSc2nnc(C(C)NC(=O)c3ccc(C(F)(F)F)cc3)n2-c2ccc(Cl)cc2Cl)c1. The fourth-order valence-electron chi connectivity index (χ4n) is 3.65. The summed E-state index contributed by atoms with van der Waals surface area (Å²) in [4.78, 5) is 12.8. The molecule has 0 spiro atoms. The lowest BCUT2D eigenvalue weighted by atomic mass is 10.1. The van der Waals surface area contributed by atoms with Crippen LogP contribution in [0.3, 0.4) is 0 Å². The Kier molecular flexibility index (Phi) is 8.16. The second-order valence-electron chi connectivity index (χ2n) is 8.32. The van der Waals surface area contributed by atoms with Gasteiger partial charge in [0.05, 0.1) is 22.3 Å². The molecule has 1 unspecified atom stereocenters. The van der Waals surface area contributed by atoms with Crippen LogP contribution >= 0.6 is 35.0 Å². The molecule has 0 saturated heterocycles. The third-order valence-electron chi connectivity index (χ3n) is 5.47. The minimum atomic E-state index is -4.48. The Hall–Kier alpha value is -3.01. The van der Waals surface area contributed by atoms with Gasteiger partial charge in [-0.3, -0.25) is 9.36 Å². The number of nitrogens with zero attached hydrogens (tertiary/aromatic N) is 3. The van der Waals surface area contributed by atoms with Crippen LogP contribution in [0.5, 0.6) is 0 Å². The number of hydrogen-bond acceptors (Lipinski definition) is 4. The second kappa shape index (κ2) is 11.2. The van der Waals surface area contributed by atoms with E-state index in [1.54, 1.807) is 29.7 Å². The monoisotopic (exact) mass is 564 g/mol. The number of thioether (sulfide) groups is 1. The zero-order valence-electron chi connectivity index (χ0n) is 19.7. The van der Waals surface area contributed by atoms with Crippen molar-refractivity contribution in [2.45, 2.75) is 37.0 Å². The Labute approximate surface area is 226 Å². The van der Waals surface area contributed by atoms with Crippen molar-refractivity contribution < 1.29 is 18.0 Å². The molecule has 0 aliphatic carbocycles. The van der Waals surface area contributed by atoms with Gasteiger partial charge >= 0.3 is 6.18 Å². The quantitative estimate of drug-likeness (QED) is 0.234. The Morgan fingerprint density at radius 3 is 2.43 bits per heavy atom. The summed E-state index contributed by atoms with van der Waals surface area (Å²) in [6.45, 7) is 3.73. The summed E-state index contributed by atoms with van der Waals surface area (Å²) in [6, 6.07) is 16.5. The lowest BCUT2D eigenvalue weighted by Crippen LogP contribution is -2.28. The third-order valence-corrected chi connectivity index (χ3v) is 7.01. The number of alkyl halides is 3. The molecule has 0 saturated carbocycles. The lowest BCUT2D eigenvalue weighted by Gasteiger charge is -2.17. The van der Waals surface area contributed by atoms with Crippen molar-refractivity contribution in [3.8, 4) is 5.69 Å². The van der Waals surface area contributed by atoms with Crippen molar-refractivity contribution in [1.82, 2.24) is 20.1 Å². The van der Waals surface area contributed by atoms with E-state index in [-0.39, 0.29) is 5.56 Å². The molecule has 1 heterocycles. The minimum Gasteiger partial charge on any atom is -0.342 e. The minimum absolute atomic E-state index is 0.0875. The van der Waals surface area contributed by atoms with Crippen LogP contribution < -0.4 is 5.32 Å². The van der Waals surface area contributed by atoms with Gasteiger partial charge in [-0.1, -0.05) is 64.8 Å². The van der Waals surface area contributed by atoms with Crippen LogP contribution in [0, 0.1) is 6.92 Å². The highest BCUT2D eigenvalue weighted by molar-refractivity contribution is 7.98. The summed E-state index contributed by atoms with van der Waals surface area (Å²) in [7, 11) is 0. The summed E-state index contributed by atoms with van der Waals surface area (Å²) in [5.41, 5.74) is 2.08. The fourth-order valence-corrected chi connectivity index (χ4v) is 5.04. The molecule has 0 radical (unpaired) electrons. The molecule has 4 aromatic rings. The molecule has 4 rings (SSSR count). The van der Waals surface area contributed by atoms with Crippen LogP contribution in [0.2, 0.25) is 10.0 Å². The van der Waals surface area contributed by atoms with E-state index in [0.29, 0.717) is 32.5 Å². The van der Waals surface area contributed by atoms with Gasteiger partial charge in [0.1, 0.15) is 0 Å². The number of halogens is 5. The zero-order valence-corrected chi connectivity index (χ0v) is 22.0. The maximum Gasteiger partial charge on any atom is 0.416 e. The molecule has 37 heavy (non-hydrogen) atoms. The highest BCUT2D eigenvalue weighted by Gasteiger charge is 2.30. The average Bonchev–Trinajstić information content (AvgIpc) is 3.26. The first-order valence-corrected chi connectivity index (χ1v) is 12.8. The number of benzene rings is 3. The first kappa shape index (κ1) is 27.0. The molecule has 11 heteroatoms. The summed E-state index contributed by atoms with van der Waals surface area (Å²) in [5, 5.41) is 12.8. The van der Waals surface area contributed by atoms with Crippen LogP contribution in [0.15, 0.2) is 71.9 Å². The van der Waals surface area contributed by atoms with Gasteiger partial charge in [-0.25, -0.2) is 0 Å². The van der Waals surface area contributed by atoms with E-state index in [1.807, 2.05) is 25.1 Å². The van der Waals surface area contributed by atoms with Crippen molar-refractivity contribution in [2.24, 2.45) is 0 Å². The Balaban J connectivity index is 1.62. The number of nitrogens with one attached hydrogen (secondary N) is 1. The van der Waals surface area contributed by atoms with E-state index in [2.05, 4.69) is 21.6 Å². The van der Waals surface area contributed by atoms with Crippen LogP contribution in [0.25, 0.3) is 5.69 Å². The molecule has 192 valence electrons. The number of hydrogen-bond donors (Lipinski definition) is 1. The summed E-state index contributed by atoms with van der Waals surface area (Å²) >= 11 is 14.1. The number of aromatic nitrogens is 3. The Morgan fingerprint density at radius 2 is 1.78 bits per heavy atom. The summed E-state index contributed by atoms with van der Waals surface area (Å²) in [6.07, 6.45) is -4.48. The summed E-state index contributed by atoms with van der Waals surface area (Å²) < 4.78 is 40.4. The Bertz CT molecular complexity index is 1420. The number of carbonyl (C=O) groups is 1. The molecule has 3 aromatic carbocycles. The molecule has 0 aliphatic rings. The highest BCUT2D eigenvalue weighted by Crippen LogP contribution is 2.33. The van der Waals surface area contributed by atoms with Gasteiger partial charge in [-0.15, -0.1) is 10.2 Å². The fraction of sp³-hybridized carbons (Fsp3) is 0.192. The molecule has 1 atom stereocenters. The smallest absolute Gasteiger partial charge is 0.342 e. The van der Waals surface area contributed by atoms with Gasteiger partial charge in [-0.05, 0) is 61.9 Å². The number of amides is 1. The van der Waals surface area contributed by atoms with Crippen LogP contribution in [0.1, 0.15) is 45.8 Å². The molecular weight excluding hydrogens is 544 g/mol. The van der Waals surface area contributed by atoms with Gasteiger partial charge in [0.2, 0.25) is 0 Å². The standard InChI is InChI=1S/C26H21Cl2F3N4OS/c1-15-4-3-5-17(12-15)14-37-25-34-33-23(35(25)22-11-10-20(27)13-21(22)28)16(2)32-24(36)18-6-8-19(9-7-18)26(29,30)31/h3-13,16H,14H2,1-2H3,(H,32,36). The van der Waals surface area contributed by atoms with Crippen LogP contribution in [0.4, 0.5) is 13.2 Å². The van der Waals surface area contributed by atoms with E-state index in [0.717, 1.165) is 35.4 Å². The van der Waals surface area contributed by atoms with Crippen LogP contribution in [-0.4, -0.2) is 20.7 Å². The van der Waals surface area contributed by atoms with E-state index < -0.39 is 23.7 Å². The molecule has 1 N–H and O–H groups in total. The van der Waals surface area contributed by atoms with Gasteiger partial charge in [-0.2, -0.15) is 13.2 Å².